The van der Waals surface area contributed by atoms with Crippen molar-refractivity contribution in [2.24, 2.45) is 5.92 Å². The lowest BCUT2D eigenvalue weighted by Gasteiger charge is -2.23. The molecule has 0 aromatic heterocycles. The Balaban J connectivity index is 2.58. The second kappa shape index (κ2) is 10.1. The van der Waals surface area contributed by atoms with Gasteiger partial charge in [0, 0.05) is 13.1 Å². The number of carbonyl (C=O) groups is 2. The van der Waals surface area contributed by atoms with Gasteiger partial charge in [0.15, 0.2) is 6.61 Å². The maximum atomic E-state index is 12.3. The van der Waals surface area contributed by atoms with Crippen molar-refractivity contribution in [3.63, 3.8) is 0 Å². The second-order valence-corrected chi connectivity index (χ2v) is 6.02. The summed E-state index contributed by atoms with van der Waals surface area (Å²) in [6, 6.07) is 7.00. The third-order valence-corrected chi connectivity index (χ3v) is 3.64. The number of halogens is 1. The number of esters is 1. The molecule has 0 saturated heterocycles. The van der Waals surface area contributed by atoms with Crippen molar-refractivity contribution in [3.05, 3.63) is 29.3 Å². The molecule has 0 N–H and O–H groups in total. The van der Waals surface area contributed by atoms with Crippen molar-refractivity contribution in [3.8, 4) is 5.75 Å². The fourth-order valence-corrected chi connectivity index (χ4v) is 2.09. The zero-order chi connectivity index (χ0) is 17.2. The van der Waals surface area contributed by atoms with Crippen LogP contribution in [0.1, 0.15) is 26.7 Å². The Morgan fingerprint density at radius 3 is 2.52 bits per heavy atom. The van der Waals surface area contributed by atoms with E-state index < -0.39 is 0 Å². The van der Waals surface area contributed by atoms with Gasteiger partial charge in [-0.15, -0.1) is 0 Å². The quantitative estimate of drug-likeness (QED) is 0.647. The Morgan fingerprint density at radius 2 is 1.91 bits per heavy atom. The van der Waals surface area contributed by atoms with Crippen LogP contribution in [0.15, 0.2) is 24.3 Å². The van der Waals surface area contributed by atoms with Gasteiger partial charge in [0.1, 0.15) is 5.75 Å². The molecule has 0 fully saturated rings. The van der Waals surface area contributed by atoms with Gasteiger partial charge < -0.3 is 14.4 Å². The molecule has 0 bridgehead atoms. The van der Waals surface area contributed by atoms with E-state index in [1.165, 1.54) is 7.11 Å². The van der Waals surface area contributed by atoms with Gasteiger partial charge >= 0.3 is 5.97 Å². The van der Waals surface area contributed by atoms with Crippen LogP contribution in [-0.2, 0) is 14.3 Å². The first-order valence-electron chi connectivity index (χ1n) is 7.66. The van der Waals surface area contributed by atoms with Gasteiger partial charge in [0.25, 0.3) is 5.91 Å². The predicted octanol–water partition coefficient (Wildman–Crippen LogP) is 3.16. The molecule has 1 aromatic rings. The van der Waals surface area contributed by atoms with E-state index in [4.69, 9.17) is 16.3 Å². The van der Waals surface area contributed by atoms with Crippen LogP contribution in [0.5, 0.6) is 5.75 Å². The van der Waals surface area contributed by atoms with Crippen molar-refractivity contribution >= 4 is 23.5 Å². The Morgan fingerprint density at radius 1 is 1.22 bits per heavy atom. The molecule has 0 aliphatic heterocycles. The summed E-state index contributed by atoms with van der Waals surface area (Å²) in [6.45, 7) is 4.97. The van der Waals surface area contributed by atoms with Crippen LogP contribution in [0, 0.1) is 5.92 Å². The lowest BCUT2D eigenvalue weighted by Crippen LogP contribution is -2.37. The molecule has 1 aromatic carbocycles. The monoisotopic (exact) mass is 341 g/mol. The summed E-state index contributed by atoms with van der Waals surface area (Å²) in [7, 11) is 1.34. The molecule has 1 amide bonds. The molecular weight excluding hydrogens is 318 g/mol. The minimum absolute atomic E-state index is 0.108. The van der Waals surface area contributed by atoms with Crippen molar-refractivity contribution in [2.45, 2.75) is 26.7 Å². The number of carbonyl (C=O) groups excluding carboxylic acids is 2. The van der Waals surface area contributed by atoms with Crippen LogP contribution in [-0.4, -0.2) is 43.6 Å². The molecule has 0 saturated carbocycles. The van der Waals surface area contributed by atoms with Crippen molar-refractivity contribution in [2.75, 3.05) is 26.8 Å². The lowest BCUT2D eigenvalue weighted by atomic mass is 10.1. The van der Waals surface area contributed by atoms with E-state index in [1.807, 2.05) is 0 Å². The summed E-state index contributed by atoms with van der Waals surface area (Å²) in [5, 5.41) is 0.462. The minimum atomic E-state index is -0.334. The highest BCUT2D eigenvalue weighted by Crippen LogP contribution is 2.23. The molecule has 5 nitrogen and oxygen atoms in total. The normalized spacial score (nSPS) is 10.5. The summed E-state index contributed by atoms with van der Waals surface area (Å²) in [6.07, 6.45) is 1.03. The summed E-state index contributed by atoms with van der Waals surface area (Å²) in [5.74, 6) is 0.432. The van der Waals surface area contributed by atoms with Gasteiger partial charge in [-0.3, -0.25) is 9.59 Å². The molecule has 0 spiro atoms. The molecule has 1 rings (SSSR count). The smallest absolute Gasteiger partial charge is 0.307 e. The summed E-state index contributed by atoms with van der Waals surface area (Å²) in [4.78, 5) is 25.3. The van der Waals surface area contributed by atoms with Crippen LogP contribution in [0.25, 0.3) is 0 Å². The SMILES string of the molecule is COC(=O)CCN(CCC(C)C)C(=O)COc1ccccc1Cl. The summed E-state index contributed by atoms with van der Waals surface area (Å²) in [5.41, 5.74) is 0. The van der Waals surface area contributed by atoms with Crippen LogP contribution in [0.4, 0.5) is 0 Å². The summed E-state index contributed by atoms with van der Waals surface area (Å²) >= 11 is 6.00. The highest BCUT2D eigenvalue weighted by atomic mass is 35.5. The van der Waals surface area contributed by atoms with Crippen LogP contribution < -0.4 is 4.74 Å². The number of methoxy groups -OCH3 is 1. The Kier molecular flexibility index (Phi) is 8.48. The number of amides is 1. The second-order valence-electron chi connectivity index (χ2n) is 5.61. The molecule has 0 aliphatic carbocycles. The fourth-order valence-electron chi connectivity index (χ4n) is 1.90. The summed E-state index contributed by atoms with van der Waals surface area (Å²) < 4.78 is 10.1. The Bertz CT molecular complexity index is 519. The van der Waals surface area contributed by atoms with Crippen LogP contribution in [0.3, 0.4) is 0 Å². The lowest BCUT2D eigenvalue weighted by molar-refractivity contribution is -0.142. The number of nitrogens with zero attached hydrogens (tertiary/aromatic N) is 1. The molecule has 23 heavy (non-hydrogen) atoms. The minimum Gasteiger partial charge on any atom is -0.482 e. The van der Waals surface area contributed by atoms with E-state index in [9.17, 15) is 9.59 Å². The van der Waals surface area contributed by atoms with Gasteiger partial charge in [-0.2, -0.15) is 0 Å². The van der Waals surface area contributed by atoms with Gasteiger partial charge in [0.05, 0.1) is 18.6 Å². The third kappa shape index (κ3) is 7.37. The molecular formula is C17H24ClNO4. The zero-order valence-corrected chi connectivity index (χ0v) is 14.6. The number of rotatable bonds is 9. The molecule has 0 aliphatic rings. The van der Waals surface area contributed by atoms with Gasteiger partial charge in [-0.25, -0.2) is 0 Å². The molecule has 6 heteroatoms. The van der Waals surface area contributed by atoms with Crippen molar-refractivity contribution in [1.29, 1.82) is 0 Å². The van der Waals surface area contributed by atoms with Crippen LogP contribution >= 0.6 is 11.6 Å². The van der Waals surface area contributed by atoms with E-state index in [0.29, 0.717) is 29.8 Å². The zero-order valence-electron chi connectivity index (χ0n) is 13.9. The van der Waals surface area contributed by atoms with Gasteiger partial charge in [0.2, 0.25) is 0 Å². The average molecular weight is 342 g/mol. The Hall–Kier alpha value is -1.75. The number of hydrogen-bond acceptors (Lipinski definition) is 4. The topological polar surface area (TPSA) is 55.8 Å². The van der Waals surface area contributed by atoms with E-state index >= 15 is 0 Å². The van der Waals surface area contributed by atoms with Crippen LogP contribution in [0.2, 0.25) is 5.02 Å². The number of ether oxygens (including phenoxy) is 2. The van der Waals surface area contributed by atoms with E-state index in [0.717, 1.165) is 6.42 Å². The first-order chi connectivity index (χ1) is 10.9. The Labute approximate surface area is 142 Å². The first kappa shape index (κ1) is 19.3. The third-order valence-electron chi connectivity index (χ3n) is 3.33. The largest absolute Gasteiger partial charge is 0.482 e. The average Bonchev–Trinajstić information content (AvgIpc) is 2.53. The van der Waals surface area contributed by atoms with E-state index in [-0.39, 0.29) is 24.9 Å². The highest BCUT2D eigenvalue weighted by molar-refractivity contribution is 6.32. The first-order valence-corrected chi connectivity index (χ1v) is 8.03. The number of para-hydroxylation sites is 1. The fraction of sp³-hybridized carbons (Fsp3) is 0.529. The molecule has 128 valence electrons. The maximum absolute atomic E-state index is 12.3. The molecule has 0 radical (unpaired) electrons. The maximum Gasteiger partial charge on any atom is 0.307 e. The van der Waals surface area contributed by atoms with E-state index in [1.54, 1.807) is 29.2 Å². The molecule has 0 atom stereocenters. The van der Waals surface area contributed by atoms with Gasteiger partial charge in [-0.05, 0) is 24.5 Å². The number of hydrogen-bond donors (Lipinski definition) is 0. The van der Waals surface area contributed by atoms with Gasteiger partial charge in [-0.1, -0.05) is 37.6 Å². The number of benzene rings is 1. The van der Waals surface area contributed by atoms with Crippen molar-refractivity contribution < 1.29 is 19.1 Å². The highest BCUT2D eigenvalue weighted by Gasteiger charge is 2.16. The van der Waals surface area contributed by atoms with E-state index in [2.05, 4.69) is 18.6 Å². The molecule has 0 heterocycles. The predicted molar refractivity (Wildman–Crippen MR) is 89.6 cm³/mol. The van der Waals surface area contributed by atoms with Crippen molar-refractivity contribution in [1.82, 2.24) is 4.90 Å². The standard InChI is InChI=1S/C17H24ClNO4/c1-13(2)8-10-19(11-9-17(21)22-3)16(20)12-23-15-7-5-4-6-14(15)18/h4-7,13H,8-12H2,1-3H3. The molecule has 0 unspecified atom stereocenters.